The minimum atomic E-state index is -0.115. The summed E-state index contributed by atoms with van der Waals surface area (Å²) in [6.45, 7) is 8.43. The number of rotatable bonds is 4. The second kappa shape index (κ2) is 7.34. The van der Waals surface area contributed by atoms with Gasteiger partial charge in [0.05, 0.1) is 23.6 Å². The Labute approximate surface area is 158 Å². The predicted octanol–water partition coefficient (Wildman–Crippen LogP) is 5.07. The van der Waals surface area contributed by atoms with E-state index in [-0.39, 0.29) is 5.91 Å². The van der Waals surface area contributed by atoms with Crippen molar-refractivity contribution >= 4 is 23.2 Å². The zero-order chi connectivity index (χ0) is 18.8. The highest BCUT2D eigenvalue weighted by Gasteiger charge is 2.16. The van der Waals surface area contributed by atoms with Crippen LogP contribution in [0.25, 0.3) is 0 Å². The Hall–Kier alpha value is -2.59. The third-order valence-electron chi connectivity index (χ3n) is 4.47. The van der Waals surface area contributed by atoms with Gasteiger partial charge >= 0.3 is 0 Å². The molecule has 0 aliphatic carbocycles. The first-order chi connectivity index (χ1) is 12.3. The second-order valence-corrected chi connectivity index (χ2v) is 7.04. The zero-order valence-corrected chi connectivity index (χ0v) is 16.2. The molecule has 0 aliphatic heterocycles. The smallest absolute Gasteiger partial charge is 0.256 e. The van der Waals surface area contributed by atoms with Crippen molar-refractivity contribution in [3.8, 4) is 0 Å². The molecule has 1 heterocycles. The molecule has 3 rings (SSSR count). The van der Waals surface area contributed by atoms with Crippen molar-refractivity contribution in [3.05, 3.63) is 81.1 Å². The maximum atomic E-state index is 12.7. The van der Waals surface area contributed by atoms with Crippen LogP contribution in [0, 0.1) is 27.7 Å². The van der Waals surface area contributed by atoms with Crippen LogP contribution < -0.4 is 5.32 Å². The monoisotopic (exact) mass is 367 g/mol. The molecule has 0 radical (unpaired) electrons. The SMILES string of the molecule is Cc1ccc(C(=O)Nc2c(C)nn(Cc3cccc(Cl)c3)c2C)c(C)c1. The van der Waals surface area contributed by atoms with Gasteiger partial charge in [0.1, 0.15) is 0 Å². The Morgan fingerprint density at radius 1 is 1.12 bits per heavy atom. The maximum absolute atomic E-state index is 12.7. The molecule has 0 aliphatic rings. The number of aromatic nitrogens is 2. The van der Waals surface area contributed by atoms with Crippen LogP contribution in [-0.2, 0) is 6.54 Å². The fourth-order valence-electron chi connectivity index (χ4n) is 3.09. The summed E-state index contributed by atoms with van der Waals surface area (Å²) in [5, 5.41) is 8.30. The summed E-state index contributed by atoms with van der Waals surface area (Å²) < 4.78 is 1.89. The Morgan fingerprint density at radius 3 is 2.58 bits per heavy atom. The number of anilines is 1. The van der Waals surface area contributed by atoms with Crippen molar-refractivity contribution in [1.29, 1.82) is 0 Å². The number of hydrogen-bond acceptors (Lipinski definition) is 2. The highest BCUT2D eigenvalue weighted by molar-refractivity contribution is 6.30. The van der Waals surface area contributed by atoms with Crippen molar-refractivity contribution in [3.63, 3.8) is 0 Å². The van der Waals surface area contributed by atoms with Gasteiger partial charge in [0.25, 0.3) is 5.91 Å². The van der Waals surface area contributed by atoms with Gasteiger partial charge in [-0.1, -0.05) is 41.4 Å². The summed E-state index contributed by atoms with van der Waals surface area (Å²) in [5.74, 6) is -0.115. The molecule has 0 fully saturated rings. The van der Waals surface area contributed by atoms with Crippen LogP contribution in [0.1, 0.15) is 38.4 Å². The molecular formula is C21H22ClN3O. The minimum absolute atomic E-state index is 0.115. The first kappa shape index (κ1) is 18.2. The normalized spacial score (nSPS) is 10.8. The van der Waals surface area contributed by atoms with Crippen molar-refractivity contribution in [2.75, 3.05) is 5.32 Å². The third kappa shape index (κ3) is 3.81. The highest BCUT2D eigenvalue weighted by Crippen LogP contribution is 2.23. The van der Waals surface area contributed by atoms with E-state index in [2.05, 4.69) is 10.4 Å². The number of nitrogens with zero attached hydrogens (tertiary/aromatic N) is 2. The number of nitrogens with one attached hydrogen (secondary N) is 1. The Kier molecular flexibility index (Phi) is 5.14. The van der Waals surface area contributed by atoms with Gasteiger partial charge < -0.3 is 5.32 Å². The minimum Gasteiger partial charge on any atom is -0.319 e. The molecule has 26 heavy (non-hydrogen) atoms. The van der Waals surface area contributed by atoms with Crippen molar-refractivity contribution in [2.45, 2.75) is 34.2 Å². The van der Waals surface area contributed by atoms with Crippen molar-refractivity contribution in [1.82, 2.24) is 9.78 Å². The summed E-state index contributed by atoms with van der Waals surface area (Å²) in [4.78, 5) is 12.7. The Balaban J connectivity index is 1.85. The van der Waals surface area contributed by atoms with Crippen LogP contribution >= 0.6 is 11.6 Å². The largest absolute Gasteiger partial charge is 0.319 e. The second-order valence-electron chi connectivity index (χ2n) is 6.61. The van der Waals surface area contributed by atoms with Gasteiger partial charge in [0.2, 0.25) is 0 Å². The van der Waals surface area contributed by atoms with E-state index in [1.807, 2.05) is 74.8 Å². The molecule has 1 amide bonds. The lowest BCUT2D eigenvalue weighted by Gasteiger charge is -2.09. The molecule has 0 saturated carbocycles. The standard InChI is InChI=1S/C21H22ClN3O/c1-13-8-9-19(14(2)10-13)21(26)23-20-15(3)24-25(16(20)4)12-17-6-5-7-18(22)11-17/h5-11H,12H2,1-4H3,(H,23,26). The van der Waals surface area contributed by atoms with Crippen LogP contribution in [0.3, 0.4) is 0 Å². The summed E-state index contributed by atoms with van der Waals surface area (Å²) >= 11 is 6.06. The van der Waals surface area contributed by atoms with Crippen LogP contribution in [0.2, 0.25) is 5.02 Å². The Morgan fingerprint density at radius 2 is 1.88 bits per heavy atom. The first-order valence-corrected chi connectivity index (χ1v) is 8.90. The summed E-state index contributed by atoms with van der Waals surface area (Å²) in [7, 11) is 0. The summed E-state index contributed by atoms with van der Waals surface area (Å²) in [5.41, 5.74) is 6.32. The average Bonchev–Trinajstić information content (AvgIpc) is 2.82. The predicted molar refractivity (Wildman–Crippen MR) is 106 cm³/mol. The lowest BCUT2D eigenvalue weighted by atomic mass is 10.1. The molecule has 0 unspecified atom stereocenters. The number of halogens is 1. The van der Waals surface area contributed by atoms with Gasteiger partial charge in [-0.05, 0) is 57.0 Å². The van der Waals surface area contributed by atoms with E-state index in [1.54, 1.807) is 0 Å². The van der Waals surface area contributed by atoms with Gasteiger partial charge in [-0.2, -0.15) is 5.10 Å². The van der Waals surface area contributed by atoms with E-state index in [4.69, 9.17) is 11.6 Å². The molecule has 1 N–H and O–H groups in total. The lowest BCUT2D eigenvalue weighted by molar-refractivity contribution is 0.102. The van der Waals surface area contributed by atoms with E-state index < -0.39 is 0 Å². The van der Waals surface area contributed by atoms with Gasteiger partial charge in [0, 0.05) is 10.6 Å². The van der Waals surface area contributed by atoms with E-state index >= 15 is 0 Å². The lowest BCUT2D eigenvalue weighted by Crippen LogP contribution is -2.14. The van der Waals surface area contributed by atoms with Gasteiger partial charge in [-0.15, -0.1) is 0 Å². The van der Waals surface area contributed by atoms with E-state index in [1.165, 1.54) is 0 Å². The molecule has 0 saturated heterocycles. The Bertz CT molecular complexity index is 975. The number of hydrogen-bond donors (Lipinski definition) is 1. The van der Waals surface area contributed by atoms with E-state index in [0.717, 1.165) is 33.8 Å². The molecule has 3 aromatic rings. The zero-order valence-electron chi connectivity index (χ0n) is 15.4. The molecule has 5 heteroatoms. The van der Waals surface area contributed by atoms with Crippen LogP contribution in [-0.4, -0.2) is 15.7 Å². The number of carbonyl (C=O) groups excluding carboxylic acids is 1. The molecular weight excluding hydrogens is 346 g/mol. The molecule has 0 bridgehead atoms. The maximum Gasteiger partial charge on any atom is 0.256 e. The first-order valence-electron chi connectivity index (χ1n) is 8.52. The molecule has 0 spiro atoms. The highest BCUT2D eigenvalue weighted by atomic mass is 35.5. The number of benzene rings is 2. The van der Waals surface area contributed by atoms with Gasteiger partial charge in [-0.25, -0.2) is 0 Å². The van der Waals surface area contributed by atoms with Gasteiger partial charge in [-0.3, -0.25) is 9.48 Å². The molecule has 0 atom stereocenters. The van der Waals surface area contributed by atoms with Crippen molar-refractivity contribution < 1.29 is 4.79 Å². The third-order valence-corrected chi connectivity index (χ3v) is 4.70. The number of aryl methyl sites for hydroxylation is 3. The van der Waals surface area contributed by atoms with Crippen molar-refractivity contribution in [2.24, 2.45) is 0 Å². The topological polar surface area (TPSA) is 46.9 Å². The van der Waals surface area contributed by atoms with Crippen LogP contribution in [0.4, 0.5) is 5.69 Å². The van der Waals surface area contributed by atoms with Crippen LogP contribution in [0.15, 0.2) is 42.5 Å². The number of carbonyl (C=O) groups is 1. The average molecular weight is 368 g/mol. The molecule has 4 nitrogen and oxygen atoms in total. The summed E-state index contributed by atoms with van der Waals surface area (Å²) in [6.07, 6.45) is 0. The quantitative estimate of drug-likeness (QED) is 0.699. The fraction of sp³-hybridized carbons (Fsp3) is 0.238. The molecule has 2 aromatic carbocycles. The molecule has 134 valence electrons. The fourth-order valence-corrected chi connectivity index (χ4v) is 3.30. The van der Waals surface area contributed by atoms with Gasteiger partial charge in [0.15, 0.2) is 0 Å². The van der Waals surface area contributed by atoms with Crippen LogP contribution in [0.5, 0.6) is 0 Å². The number of amides is 1. The van der Waals surface area contributed by atoms with E-state index in [9.17, 15) is 4.79 Å². The summed E-state index contributed by atoms with van der Waals surface area (Å²) in [6, 6.07) is 13.5. The molecule has 1 aromatic heterocycles. The van der Waals surface area contributed by atoms with E-state index in [0.29, 0.717) is 17.1 Å².